The third-order valence-electron chi connectivity index (χ3n) is 3.69. The largest absolute Gasteiger partial charge is 0.466 e. The van der Waals surface area contributed by atoms with Crippen molar-refractivity contribution in [1.82, 2.24) is 0 Å². The van der Waals surface area contributed by atoms with Crippen molar-refractivity contribution in [2.24, 2.45) is 0 Å². The summed E-state index contributed by atoms with van der Waals surface area (Å²) in [7, 11) is 0. The fourth-order valence-electron chi connectivity index (χ4n) is 2.24. The molecule has 0 saturated heterocycles. The molecular formula is C19H38O4. The molecule has 138 valence electrons. The van der Waals surface area contributed by atoms with Gasteiger partial charge in [0.1, 0.15) is 0 Å². The Labute approximate surface area is 143 Å². The molecule has 0 spiro atoms. The van der Waals surface area contributed by atoms with Crippen LogP contribution in [-0.4, -0.2) is 39.0 Å². The van der Waals surface area contributed by atoms with E-state index in [1.807, 2.05) is 0 Å². The molecule has 0 atom stereocenters. The predicted molar refractivity (Wildman–Crippen MR) is 94.7 cm³/mol. The Kier molecular flexibility index (Phi) is 18.9. The van der Waals surface area contributed by atoms with Crippen LogP contribution in [0.2, 0.25) is 0 Å². The molecule has 0 aliphatic carbocycles. The van der Waals surface area contributed by atoms with Gasteiger partial charge < -0.3 is 14.2 Å². The van der Waals surface area contributed by atoms with Gasteiger partial charge in [0.25, 0.3) is 0 Å². The zero-order valence-corrected chi connectivity index (χ0v) is 15.4. The predicted octanol–water partition coefficient (Wildman–Crippen LogP) is 4.89. The second kappa shape index (κ2) is 19.4. The zero-order valence-electron chi connectivity index (χ0n) is 15.4. The summed E-state index contributed by atoms with van der Waals surface area (Å²) >= 11 is 0. The standard InChI is InChI=1S/C19H38O4/c1-3-5-7-9-11-16-23-19(20)13-12-15-22-18-17-21-14-10-8-6-4-2/h3-18H2,1-2H3. The summed E-state index contributed by atoms with van der Waals surface area (Å²) in [6.45, 7) is 7.66. The summed E-state index contributed by atoms with van der Waals surface area (Å²) < 4.78 is 16.1. The van der Waals surface area contributed by atoms with E-state index in [9.17, 15) is 4.79 Å². The Hall–Kier alpha value is -0.610. The van der Waals surface area contributed by atoms with Crippen LogP contribution in [0.4, 0.5) is 0 Å². The van der Waals surface area contributed by atoms with Crippen LogP contribution in [0.5, 0.6) is 0 Å². The molecule has 4 heteroatoms. The number of rotatable bonds is 18. The molecule has 0 saturated carbocycles. The second-order valence-electron chi connectivity index (χ2n) is 6.02. The molecule has 0 aliphatic heterocycles. The van der Waals surface area contributed by atoms with E-state index in [-0.39, 0.29) is 5.97 Å². The molecule has 0 bridgehead atoms. The topological polar surface area (TPSA) is 44.8 Å². The van der Waals surface area contributed by atoms with E-state index in [1.54, 1.807) is 0 Å². The molecule has 0 radical (unpaired) electrons. The van der Waals surface area contributed by atoms with Crippen molar-refractivity contribution >= 4 is 5.97 Å². The minimum Gasteiger partial charge on any atom is -0.466 e. The Bertz CT molecular complexity index is 244. The summed E-state index contributed by atoms with van der Waals surface area (Å²) in [6, 6.07) is 0. The Morgan fingerprint density at radius 3 is 1.78 bits per heavy atom. The fourth-order valence-corrected chi connectivity index (χ4v) is 2.24. The van der Waals surface area contributed by atoms with Crippen LogP contribution in [0.1, 0.15) is 84.5 Å². The molecule has 0 N–H and O–H groups in total. The molecule has 0 amide bonds. The van der Waals surface area contributed by atoms with Crippen LogP contribution < -0.4 is 0 Å². The summed E-state index contributed by atoms with van der Waals surface area (Å²) in [5.74, 6) is -0.101. The highest BCUT2D eigenvalue weighted by Gasteiger charge is 2.02. The fraction of sp³-hybridized carbons (Fsp3) is 0.947. The normalized spacial score (nSPS) is 10.9. The van der Waals surface area contributed by atoms with Crippen LogP contribution in [0.15, 0.2) is 0 Å². The number of esters is 1. The van der Waals surface area contributed by atoms with Crippen molar-refractivity contribution < 1.29 is 19.0 Å². The van der Waals surface area contributed by atoms with Gasteiger partial charge >= 0.3 is 5.97 Å². The van der Waals surface area contributed by atoms with E-state index in [0.717, 1.165) is 32.3 Å². The van der Waals surface area contributed by atoms with E-state index >= 15 is 0 Å². The second-order valence-corrected chi connectivity index (χ2v) is 6.02. The lowest BCUT2D eigenvalue weighted by atomic mass is 10.2. The highest BCUT2D eigenvalue weighted by molar-refractivity contribution is 5.69. The molecular weight excluding hydrogens is 292 g/mol. The number of ether oxygens (including phenoxy) is 3. The van der Waals surface area contributed by atoms with Crippen molar-refractivity contribution in [2.45, 2.75) is 84.5 Å². The molecule has 0 heterocycles. The molecule has 0 aliphatic rings. The first-order valence-corrected chi connectivity index (χ1v) is 9.62. The van der Waals surface area contributed by atoms with Crippen LogP contribution in [0.3, 0.4) is 0 Å². The molecule has 0 aromatic rings. The van der Waals surface area contributed by atoms with E-state index in [4.69, 9.17) is 14.2 Å². The molecule has 0 unspecified atom stereocenters. The average Bonchev–Trinajstić information content (AvgIpc) is 2.56. The quantitative estimate of drug-likeness (QED) is 0.265. The van der Waals surface area contributed by atoms with Crippen LogP contribution in [-0.2, 0) is 19.0 Å². The van der Waals surface area contributed by atoms with Gasteiger partial charge in [0.05, 0.1) is 19.8 Å². The monoisotopic (exact) mass is 330 g/mol. The van der Waals surface area contributed by atoms with Gasteiger partial charge in [-0.05, 0) is 19.3 Å². The maximum absolute atomic E-state index is 11.5. The number of carbonyl (C=O) groups is 1. The third-order valence-corrected chi connectivity index (χ3v) is 3.69. The van der Waals surface area contributed by atoms with Gasteiger partial charge in [0.2, 0.25) is 0 Å². The first-order chi connectivity index (χ1) is 11.3. The van der Waals surface area contributed by atoms with Crippen LogP contribution in [0.25, 0.3) is 0 Å². The number of hydrogen-bond acceptors (Lipinski definition) is 4. The minimum atomic E-state index is -0.101. The van der Waals surface area contributed by atoms with Gasteiger partial charge in [-0.15, -0.1) is 0 Å². The lowest BCUT2D eigenvalue weighted by Gasteiger charge is -2.06. The first-order valence-electron chi connectivity index (χ1n) is 9.62. The van der Waals surface area contributed by atoms with Gasteiger partial charge in [-0.3, -0.25) is 4.79 Å². The first kappa shape index (κ1) is 22.4. The third kappa shape index (κ3) is 19.3. The highest BCUT2D eigenvalue weighted by atomic mass is 16.5. The molecule has 23 heavy (non-hydrogen) atoms. The smallest absolute Gasteiger partial charge is 0.305 e. The van der Waals surface area contributed by atoms with Crippen molar-refractivity contribution in [3.05, 3.63) is 0 Å². The molecule has 0 aromatic heterocycles. The zero-order chi connectivity index (χ0) is 17.0. The van der Waals surface area contributed by atoms with E-state index in [1.165, 1.54) is 38.5 Å². The van der Waals surface area contributed by atoms with E-state index in [2.05, 4.69) is 13.8 Å². The van der Waals surface area contributed by atoms with Crippen molar-refractivity contribution in [1.29, 1.82) is 0 Å². The highest BCUT2D eigenvalue weighted by Crippen LogP contribution is 2.03. The van der Waals surface area contributed by atoms with Gasteiger partial charge in [-0.2, -0.15) is 0 Å². The van der Waals surface area contributed by atoms with Crippen molar-refractivity contribution in [3.8, 4) is 0 Å². The van der Waals surface area contributed by atoms with E-state index in [0.29, 0.717) is 32.8 Å². The van der Waals surface area contributed by atoms with Crippen LogP contribution in [0, 0.1) is 0 Å². The van der Waals surface area contributed by atoms with Gasteiger partial charge in [0.15, 0.2) is 0 Å². The Morgan fingerprint density at radius 1 is 0.609 bits per heavy atom. The molecule has 0 rings (SSSR count). The van der Waals surface area contributed by atoms with Crippen molar-refractivity contribution in [3.63, 3.8) is 0 Å². The lowest BCUT2D eigenvalue weighted by molar-refractivity contribution is -0.144. The van der Waals surface area contributed by atoms with Crippen LogP contribution >= 0.6 is 0 Å². The Morgan fingerprint density at radius 2 is 1.13 bits per heavy atom. The maximum atomic E-state index is 11.5. The average molecular weight is 331 g/mol. The number of hydrogen-bond donors (Lipinski definition) is 0. The van der Waals surface area contributed by atoms with Gasteiger partial charge in [-0.1, -0.05) is 58.8 Å². The van der Waals surface area contributed by atoms with Gasteiger partial charge in [0, 0.05) is 19.6 Å². The summed E-state index contributed by atoms with van der Waals surface area (Å²) in [5.41, 5.74) is 0. The minimum absolute atomic E-state index is 0.101. The summed E-state index contributed by atoms with van der Waals surface area (Å²) in [4.78, 5) is 11.5. The molecule has 0 fully saturated rings. The number of unbranched alkanes of at least 4 members (excludes halogenated alkanes) is 7. The molecule has 4 nitrogen and oxygen atoms in total. The molecule has 0 aromatic carbocycles. The Balaban J connectivity index is 3.11. The van der Waals surface area contributed by atoms with Crippen molar-refractivity contribution in [2.75, 3.05) is 33.0 Å². The summed E-state index contributed by atoms with van der Waals surface area (Å²) in [6.07, 6.45) is 12.0. The number of carbonyl (C=O) groups excluding carboxylic acids is 1. The van der Waals surface area contributed by atoms with Gasteiger partial charge in [-0.25, -0.2) is 0 Å². The maximum Gasteiger partial charge on any atom is 0.305 e. The van der Waals surface area contributed by atoms with E-state index < -0.39 is 0 Å². The SMILES string of the molecule is CCCCCCCOC(=O)CCCOCCOCCCCCC. The lowest BCUT2D eigenvalue weighted by Crippen LogP contribution is -2.09. The summed E-state index contributed by atoms with van der Waals surface area (Å²) in [5, 5.41) is 0.